The second kappa shape index (κ2) is 10.3. The number of aliphatic hydroxyl groups is 1. The number of aromatic amines is 1. The lowest BCUT2D eigenvalue weighted by molar-refractivity contribution is 0.127. The molecule has 0 aromatic carbocycles. The highest BCUT2D eigenvalue weighted by Crippen LogP contribution is 2.35. The summed E-state index contributed by atoms with van der Waals surface area (Å²) in [5.74, 6) is 0.994. The number of nitrogens with zero attached hydrogens (tertiary/aromatic N) is 5. The third-order valence-electron chi connectivity index (χ3n) is 6.83. The number of allylic oxidation sites excluding steroid dienone is 1. The van der Waals surface area contributed by atoms with Gasteiger partial charge >= 0.3 is 0 Å². The largest absolute Gasteiger partial charge is 0.490 e. The highest BCUT2D eigenvalue weighted by atomic mass is 16.5. The summed E-state index contributed by atoms with van der Waals surface area (Å²) in [6.07, 6.45) is 3.64. The third-order valence-corrected chi connectivity index (χ3v) is 6.83. The van der Waals surface area contributed by atoms with Crippen molar-refractivity contribution in [2.45, 2.75) is 13.8 Å². The van der Waals surface area contributed by atoms with E-state index in [1.807, 2.05) is 44.3 Å². The smallest absolute Gasteiger partial charge is 0.260 e. The molecule has 0 unspecified atom stereocenters. The SMILES string of the molecule is Cc1[nH]c2c(c1C)C(=N)C(=Nc1c(OCCO)nn3ccccc13)C=C2OCCN1CCN(C)CC1. The number of likely N-dealkylation sites (N-methyl/N-ethyl adjacent to an activating group) is 1. The molecular formula is C26H33N7O3. The molecule has 0 spiro atoms. The van der Waals surface area contributed by atoms with E-state index in [1.54, 1.807) is 4.52 Å². The number of nitrogens with one attached hydrogen (secondary N) is 2. The average molecular weight is 492 g/mol. The van der Waals surface area contributed by atoms with Gasteiger partial charge in [-0.1, -0.05) is 6.07 Å². The van der Waals surface area contributed by atoms with E-state index in [2.05, 4.69) is 26.9 Å². The molecule has 1 aliphatic carbocycles. The van der Waals surface area contributed by atoms with Gasteiger partial charge in [0.15, 0.2) is 5.69 Å². The Labute approximate surface area is 210 Å². The molecule has 10 nitrogen and oxygen atoms in total. The average Bonchev–Trinajstić information content (AvgIpc) is 3.38. The number of fused-ring (bicyclic) bond motifs is 2. The topological polar surface area (TPSA) is 114 Å². The molecule has 3 N–H and O–H groups in total. The van der Waals surface area contributed by atoms with Gasteiger partial charge in [0.25, 0.3) is 5.88 Å². The molecule has 0 atom stereocenters. The number of ether oxygens (including phenoxy) is 2. The van der Waals surface area contributed by atoms with E-state index in [4.69, 9.17) is 19.9 Å². The van der Waals surface area contributed by atoms with Crippen LogP contribution in [0, 0.1) is 19.3 Å². The minimum absolute atomic E-state index is 0.107. The molecule has 0 radical (unpaired) electrons. The van der Waals surface area contributed by atoms with Crippen molar-refractivity contribution in [2.75, 3.05) is 59.6 Å². The summed E-state index contributed by atoms with van der Waals surface area (Å²) in [5, 5.41) is 22.7. The Morgan fingerprint density at radius 3 is 2.72 bits per heavy atom. The number of H-pyrrole nitrogens is 1. The Kier molecular flexibility index (Phi) is 6.90. The van der Waals surface area contributed by atoms with Gasteiger partial charge < -0.3 is 24.5 Å². The molecule has 5 rings (SSSR count). The predicted octanol–water partition coefficient (Wildman–Crippen LogP) is 2.41. The predicted molar refractivity (Wildman–Crippen MR) is 140 cm³/mol. The third kappa shape index (κ3) is 4.67. The van der Waals surface area contributed by atoms with Crippen LogP contribution in [0.5, 0.6) is 5.88 Å². The number of piperazine rings is 1. The molecule has 10 heteroatoms. The van der Waals surface area contributed by atoms with Crippen molar-refractivity contribution in [2.24, 2.45) is 4.99 Å². The van der Waals surface area contributed by atoms with Crippen molar-refractivity contribution in [1.82, 2.24) is 24.4 Å². The van der Waals surface area contributed by atoms with Crippen LogP contribution in [0.4, 0.5) is 5.69 Å². The van der Waals surface area contributed by atoms with Crippen LogP contribution in [0.3, 0.4) is 0 Å². The summed E-state index contributed by atoms with van der Waals surface area (Å²) < 4.78 is 13.7. The number of aliphatic imine (C=N–C) groups is 1. The van der Waals surface area contributed by atoms with Crippen LogP contribution in [0.25, 0.3) is 11.3 Å². The van der Waals surface area contributed by atoms with Crippen molar-refractivity contribution < 1.29 is 14.6 Å². The molecular weight excluding hydrogens is 458 g/mol. The number of hydrogen-bond donors (Lipinski definition) is 3. The van der Waals surface area contributed by atoms with Gasteiger partial charge in [0.05, 0.1) is 29.2 Å². The van der Waals surface area contributed by atoms with E-state index in [1.165, 1.54) is 0 Å². The first-order valence-corrected chi connectivity index (χ1v) is 12.3. The molecule has 1 aliphatic heterocycles. The van der Waals surface area contributed by atoms with Crippen LogP contribution in [0.2, 0.25) is 0 Å². The summed E-state index contributed by atoms with van der Waals surface area (Å²) >= 11 is 0. The maximum Gasteiger partial charge on any atom is 0.260 e. The molecule has 0 bridgehead atoms. The molecule has 2 aliphatic rings. The van der Waals surface area contributed by atoms with Crippen molar-refractivity contribution in [3.8, 4) is 5.88 Å². The lowest BCUT2D eigenvalue weighted by Gasteiger charge is -2.32. The fraction of sp³-hybridized carbons (Fsp3) is 0.423. The highest BCUT2D eigenvalue weighted by Gasteiger charge is 2.28. The van der Waals surface area contributed by atoms with Crippen LogP contribution in [0.15, 0.2) is 35.5 Å². The van der Waals surface area contributed by atoms with Crippen molar-refractivity contribution in [1.29, 1.82) is 5.41 Å². The first-order valence-electron chi connectivity index (χ1n) is 12.3. The summed E-state index contributed by atoms with van der Waals surface area (Å²) in [4.78, 5) is 13.0. The van der Waals surface area contributed by atoms with E-state index >= 15 is 0 Å². The van der Waals surface area contributed by atoms with Crippen LogP contribution in [0.1, 0.15) is 22.5 Å². The Morgan fingerprint density at radius 2 is 1.94 bits per heavy atom. The maximum atomic E-state index is 9.26. The van der Waals surface area contributed by atoms with Gasteiger partial charge in [0.2, 0.25) is 0 Å². The fourth-order valence-electron chi connectivity index (χ4n) is 4.60. The van der Waals surface area contributed by atoms with Gasteiger partial charge in [-0.25, -0.2) is 9.51 Å². The molecule has 3 aromatic rings. The molecule has 3 aromatic heterocycles. The van der Waals surface area contributed by atoms with Crippen LogP contribution in [-0.2, 0) is 4.74 Å². The summed E-state index contributed by atoms with van der Waals surface area (Å²) in [5.41, 5.74) is 5.71. The molecule has 0 amide bonds. The summed E-state index contributed by atoms with van der Waals surface area (Å²) in [6.45, 7) is 9.59. The summed E-state index contributed by atoms with van der Waals surface area (Å²) in [6, 6.07) is 5.68. The van der Waals surface area contributed by atoms with Crippen molar-refractivity contribution in [3.05, 3.63) is 53.0 Å². The number of rotatable bonds is 8. The van der Waals surface area contributed by atoms with E-state index in [0.29, 0.717) is 35.4 Å². The van der Waals surface area contributed by atoms with Gasteiger partial charge in [-0.3, -0.25) is 10.3 Å². The fourth-order valence-corrected chi connectivity index (χ4v) is 4.60. The van der Waals surface area contributed by atoms with Crippen molar-refractivity contribution in [3.63, 3.8) is 0 Å². The van der Waals surface area contributed by atoms with Crippen LogP contribution < -0.4 is 4.74 Å². The van der Waals surface area contributed by atoms with E-state index < -0.39 is 0 Å². The minimum Gasteiger partial charge on any atom is -0.490 e. The second-order valence-electron chi connectivity index (χ2n) is 9.26. The van der Waals surface area contributed by atoms with Gasteiger partial charge in [-0.05, 0) is 38.6 Å². The monoisotopic (exact) mass is 491 g/mol. The Hall–Kier alpha value is -3.47. The number of hydrogen-bond acceptors (Lipinski definition) is 8. The van der Waals surface area contributed by atoms with E-state index in [0.717, 1.165) is 60.8 Å². The standard InChI is InChI=1S/C26H33N7O3/c1-17-18(2)28-25-21(35-14-12-32-10-8-31(3)9-11-32)16-19(23(27)22(17)25)29-24-20-6-4-5-7-33(20)30-26(24)36-15-13-34/h4-7,16,27-28,34H,8-15H2,1-3H3. The summed E-state index contributed by atoms with van der Waals surface area (Å²) in [7, 11) is 2.15. The van der Waals surface area contributed by atoms with Crippen molar-refractivity contribution >= 4 is 28.4 Å². The molecule has 1 saturated heterocycles. The zero-order valence-electron chi connectivity index (χ0n) is 21.0. The van der Waals surface area contributed by atoms with E-state index in [9.17, 15) is 5.11 Å². The number of pyridine rings is 1. The normalized spacial score (nSPS) is 18.1. The van der Waals surface area contributed by atoms with Gasteiger partial charge in [-0.2, -0.15) is 0 Å². The van der Waals surface area contributed by atoms with E-state index in [-0.39, 0.29) is 13.2 Å². The number of aromatic nitrogens is 3. The zero-order valence-corrected chi connectivity index (χ0v) is 21.0. The first-order chi connectivity index (χ1) is 17.5. The van der Waals surface area contributed by atoms with Crippen LogP contribution in [-0.4, -0.2) is 101 Å². The van der Waals surface area contributed by atoms with Gasteiger partial charge in [-0.15, -0.1) is 5.10 Å². The molecule has 1 fully saturated rings. The second-order valence-corrected chi connectivity index (χ2v) is 9.26. The first kappa shape index (κ1) is 24.2. The zero-order chi connectivity index (χ0) is 25.2. The molecule has 0 saturated carbocycles. The molecule has 190 valence electrons. The Balaban J connectivity index is 1.48. The number of aliphatic hydroxyl groups excluding tert-OH is 1. The molecule has 36 heavy (non-hydrogen) atoms. The maximum absolute atomic E-state index is 9.26. The Bertz CT molecular complexity index is 1330. The van der Waals surface area contributed by atoms with Crippen LogP contribution >= 0.6 is 0 Å². The molecule has 4 heterocycles. The highest BCUT2D eigenvalue weighted by molar-refractivity contribution is 6.54. The lowest BCUT2D eigenvalue weighted by atomic mass is 9.95. The minimum atomic E-state index is -0.129. The number of aryl methyl sites for hydroxylation is 1. The lowest BCUT2D eigenvalue weighted by Crippen LogP contribution is -2.45. The Morgan fingerprint density at radius 1 is 1.14 bits per heavy atom. The van der Waals surface area contributed by atoms with Gasteiger partial charge in [0.1, 0.15) is 19.0 Å². The quantitative estimate of drug-likeness (QED) is 0.446. The van der Waals surface area contributed by atoms with Gasteiger partial charge in [0, 0.05) is 56.3 Å².